The van der Waals surface area contributed by atoms with E-state index in [1.54, 1.807) is 18.2 Å². The minimum atomic E-state index is -0.563. The Labute approximate surface area is 121 Å². The van der Waals surface area contributed by atoms with Gasteiger partial charge in [-0.25, -0.2) is 0 Å². The third-order valence-corrected chi connectivity index (χ3v) is 4.12. The molecule has 0 N–H and O–H groups in total. The molecule has 0 spiro atoms. The van der Waals surface area contributed by atoms with Crippen molar-refractivity contribution in [3.63, 3.8) is 0 Å². The normalized spacial score (nSPS) is 20.4. The molecule has 1 aliphatic heterocycles. The van der Waals surface area contributed by atoms with Gasteiger partial charge >= 0.3 is 0 Å². The van der Waals surface area contributed by atoms with Gasteiger partial charge in [0.25, 0.3) is 0 Å². The average Bonchev–Trinajstić information content (AvgIpc) is 2.31. The number of hydrogen-bond donors (Lipinski definition) is 0. The van der Waals surface area contributed by atoms with Crippen LogP contribution in [0.1, 0.15) is 24.3 Å². The SMILES string of the molecule is O=C1CCC(c2ccc(Br)cc2Cl)C(=O)N1SF. The topological polar surface area (TPSA) is 37.4 Å². The standard InChI is InChI=1S/C11H8BrClFNO2S/c12-6-1-2-7(9(13)5-6)8-3-4-10(16)15(18-14)11(8)17/h1-2,5,8H,3-4H2. The van der Waals surface area contributed by atoms with Crippen LogP contribution < -0.4 is 0 Å². The van der Waals surface area contributed by atoms with Gasteiger partial charge in [0.1, 0.15) is 0 Å². The van der Waals surface area contributed by atoms with Gasteiger partial charge in [-0.2, -0.15) is 4.31 Å². The second kappa shape index (κ2) is 5.59. The van der Waals surface area contributed by atoms with Crippen molar-refractivity contribution in [2.24, 2.45) is 0 Å². The van der Waals surface area contributed by atoms with E-state index in [0.29, 0.717) is 21.3 Å². The van der Waals surface area contributed by atoms with E-state index >= 15 is 0 Å². The van der Waals surface area contributed by atoms with Gasteiger partial charge < -0.3 is 0 Å². The summed E-state index contributed by atoms with van der Waals surface area (Å²) in [5, 5.41) is 0.431. The van der Waals surface area contributed by atoms with Crippen LogP contribution in [0.2, 0.25) is 5.02 Å². The van der Waals surface area contributed by atoms with Crippen molar-refractivity contribution in [1.29, 1.82) is 0 Å². The number of piperidine rings is 1. The van der Waals surface area contributed by atoms with Gasteiger partial charge in [0.05, 0.1) is 5.92 Å². The molecule has 0 bridgehead atoms. The van der Waals surface area contributed by atoms with Crippen LogP contribution in [0.4, 0.5) is 3.89 Å². The van der Waals surface area contributed by atoms with Crippen molar-refractivity contribution in [2.75, 3.05) is 0 Å². The number of carbonyl (C=O) groups excluding carboxylic acids is 2. The Morgan fingerprint density at radius 1 is 1.44 bits per heavy atom. The van der Waals surface area contributed by atoms with Gasteiger partial charge in [-0.1, -0.05) is 33.6 Å². The Bertz CT molecular complexity index is 514. The van der Waals surface area contributed by atoms with Crippen LogP contribution >= 0.6 is 39.9 Å². The zero-order chi connectivity index (χ0) is 13.3. The average molecular weight is 353 g/mol. The molecule has 2 amide bonds. The molecule has 96 valence electrons. The molecule has 1 aromatic carbocycles. The third-order valence-electron chi connectivity index (χ3n) is 2.78. The molecule has 1 aliphatic rings. The fourth-order valence-electron chi connectivity index (χ4n) is 1.90. The molecule has 3 nitrogen and oxygen atoms in total. The molecule has 2 rings (SSSR count). The predicted octanol–water partition coefficient (Wildman–Crippen LogP) is 3.87. The van der Waals surface area contributed by atoms with Gasteiger partial charge in [-0.05, 0) is 24.1 Å². The minimum Gasteiger partial charge on any atom is -0.273 e. The highest BCUT2D eigenvalue weighted by Crippen LogP contribution is 2.36. The molecule has 1 fully saturated rings. The predicted molar refractivity (Wildman–Crippen MR) is 71.7 cm³/mol. The van der Waals surface area contributed by atoms with Crippen LogP contribution in [0.3, 0.4) is 0 Å². The van der Waals surface area contributed by atoms with Crippen molar-refractivity contribution in [3.8, 4) is 0 Å². The minimum absolute atomic E-state index is 0.139. The van der Waals surface area contributed by atoms with Gasteiger partial charge in [0, 0.05) is 15.9 Å². The van der Waals surface area contributed by atoms with Crippen molar-refractivity contribution in [3.05, 3.63) is 33.3 Å². The van der Waals surface area contributed by atoms with Crippen LogP contribution in [-0.4, -0.2) is 16.1 Å². The molecule has 1 heterocycles. The van der Waals surface area contributed by atoms with Crippen LogP contribution in [0.5, 0.6) is 0 Å². The molecule has 7 heteroatoms. The number of amides is 2. The molecule has 0 radical (unpaired) electrons. The first-order valence-corrected chi connectivity index (χ1v) is 6.99. The van der Waals surface area contributed by atoms with Crippen molar-refractivity contribution < 1.29 is 13.5 Å². The summed E-state index contributed by atoms with van der Waals surface area (Å²) in [5.74, 6) is -1.62. The maximum atomic E-state index is 12.6. The molecular formula is C11H8BrClFNO2S. The summed E-state index contributed by atoms with van der Waals surface area (Å²) in [5.41, 5.74) is 0.622. The summed E-state index contributed by atoms with van der Waals surface area (Å²) >= 11 is 8.99. The molecule has 1 saturated heterocycles. The summed E-state index contributed by atoms with van der Waals surface area (Å²) in [4.78, 5) is 23.3. The fraction of sp³-hybridized carbons (Fsp3) is 0.273. The molecular weight excluding hydrogens is 345 g/mol. The van der Waals surface area contributed by atoms with E-state index in [9.17, 15) is 13.5 Å². The van der Waals surface area contributed by atoms with E-state index in [0.717, 1.165) is 4.47 Å². The summed E-state index contributed by atoms with van der Waals surface area (Å²) < 4.78 is 14.0. The van der Waals surface area contributed by atoms with Gasteiger partial charge in [0.2, 0.25) is 11.8 Å². The lowest BCUT2D eigenvalue weighted by Crippen LogP contribution is -2.39. The number of hydrogen-bond acceptors (Lipinski definition) is 3. The van der Waals surface area contributed by atoms with E-state index in [1.165, 1.54) is 0 Å². The maximum absolute atomic E-state index is 12.6. The summed E-state index contributed by atoms with van der Waals surface area (Å²) in [7, 11) is 0. The zero-order valence-corrected chi connectivity index (χ0v) is 12.2. The largest absolute Gasteiger partial charge is 0.273 e. The molecule has 18 heavy (non-hydrogen) atoms. The summed E-state index contributed by atoms with van der Waals surface area (Å²) in [6.45, 7) is 0. The second-order valence-electron chi connectivity index (χ2n) is 3.85. The third kappa shape index (κ3) is 2.55. The molecule has 1 unspecified atom stereocenters. The van der Waals surface area contributed by atoms with E-state index in [2.05, 4.69) is 15.9 Å². The number of rotatable bonds is 2. The van der Waals surface area contributed by atoms with Crippen molar-refractivity contribution in [2.45, 2.75) is 18.8 Å². The van der Waals surface area contributed by atoms with E-state index < -0.39 is 17.7 Å². The molecule has 0 aromatic heterocycles. The first-order chi connectivity index (χ1) is 8.54. The lowest BCUT2D eigenvalue weighted by atomic mass is 9.90. The lowest BCUT2D eigenvalue weighted by Gasteiger charge is -2.27. The van der Waals surface area contributed by atoms with E-state index in [-0.39, 0.29) is 18.8 Å². The van der Waals surface area contributed by atoms with E-state index in [1.807, 2.05) is 0 Å². The second-order valence-corrected chi connectivity index (χ2v) is 5.68. The quantitative estimate of drug-likeness (QED) is 0.599. The van der Waals surface area contributed by atoms with Crippen molar-refractivity contribution >= 4 is 51.7 Å². The van der Waals surface area contributed by atoms with E-state index in [4.69, 9.17) is 11.6 Å². The van der Waals surface area contributed by atoms with Gasteiger partial charge in [0.15, 0.2) is 12.3 Å². The van der Waals surface area contributed by atoms with Crippen LogP contribution in [0.25, 0.3) is 0 Å². The Kier molecular flexibility index (Phi) is 4.29. The first kappa shape index (κ1) is 13.8. The number of halogens is 3. The summed E-state index contributed by atoms with van der Waals surface area (Å²) in [6, 6.07) is 5.15. The van der Waals surface area contributed by atoms with Crippen molar-refractivity contribution in [1.82, 2.24) is 4.31 Å². The Hall–Kier alpha value is -0.590. The number of imide groups is 1. The number of carbonyl (C=O) groups is 2. The van der Waals surface area contributed by atoms with Gasteiger partial charge in [-0.3, -0.25) is 9.59 Å². The highest BCUT2D eigenvalue weighted by atomic mass is 79.9. The lowest BCUT2D eigenvalue weighted by molar-refractivity contribution is -0.142. The Morgan fingerprint density at radius 3 is 2.78 bits per heavy atom. The molecule has 0 saturated carbocycles. The monoisotopic (exact) mass is 351 g/mol. The molecule has 1 atom stereocenters. The highest BCUT2D eigenvalue weighted by molar-refractivity contribution is 9.10. The smallest absolute Gasteiger partial charge is 0.248 e. The highest BCUT2D eigenvalue weighted by Gasteiger charge is 2.37. The van der Waals surface area contributed by atoms with Crippen LogP contribution in [-0.2, 0) is 9.59 Å². The first-order valence-electron chi connectivity index (χ1n) is 5.15. The molecule has 0 aliphatic carbocycles. The maximum Gasteiger partial charge on any atom is 0.248 e. The Balaban J connectivity index is 2.33. The van der Waals surface area contributed by atoms with Crippen LogP contribution in [0, 0.1) is 0 Å². The molecule has 1 aromatic rings. The Morgan fingerprint density at radius 2 is 2.17 bits per heavy atom. The van der Waals surface area contributed by atoms with Gasteiger partial charge in [-0.15, -0.1) is 3.89 Å². The number of benzene rings is 1. The summed E-state index contributed by atoms with van der Waals surface area (Å²) in [6.07, 6.45) is 0.496. The fourth-order valence-corrected chi connectivity index (χ4v) is 3.07. The van der Waals surface area contributed by atoms with Crippen LogP contribution in [0.15, 0.2) is 22.7 Å². The number of nitrogens with zero attached hydrogens (tertiary/aromatic N) is 1. The zero-order valence-electron chi connectivity index (χ0n) is 9.03.